The van der Waals surface area contributed by atoms with Gasteiger partial charge in [0.2, 0.25) is 0 Å². The van der Waals surface area contributed by atoms with E-state index in [4.69, 9.17) is 0 Å². The number of pyridine rings is 1. The molecule has 1 unspecified atom stereocenters. The molecule has 0 aromatic carbocycles. The van der Waals surface area contributed by atoms with Gasteiger partial charge in [0.15, 0.2) is 9.84 Å². The van der Waals surface area contributed by atoms with Gasteiger partial charge in [-0.05, 0) is 31.4 Å². The number of rotatable bonds is 2. The molecule has 2 aromatic heterocycles. The minimum Gasteiger partial charge on any atom is -0.303 e. The summed E-state index contributed by atoms with van der Waals surface area (Å²) in [7, 11) is -2.93. The summed E-state index contributed by atoms with van der Waals surface area (Å²) in [4.78, 5) is 4.41. The fraction of sp³-hybridized carbons (Fsp3) is 0.500. The van der Waals surface area contributed by atoms with E-state index < -0.39 is 9.84 Å². The molecule has 4 nitrogen and oxygen atoms in total. The molecule has 0 bridgehead atoms. The van der Waals surface area contributed by atoms with E-state index in [1.54, 1.807) is 0 Å². The predicted octanol–water partition coefficient (Wildman–Crippen LogP) is 2.15. The molecule has 3 heterocycles. The average Bonchev–Trinajstić information content (AvgIpc) is 2.77. The molecule has 0 aliphatic carbocycles. The molecule has 1 fully saturated rings. The summed E-state index contributed by atoms with van der Waals surface area (Å²) in [5.41, 5.74) is 2.22. The topological polar surface area (TPSA) is 51.4 Å². The summed E-state index contributed by atoms with van der Waals surface area (Å²) in [5, 5.41) is -0.257. The van der Waals surface area contributed by atoms with Crippen molar-refractivity contribution in [1.82, 2.24) is 9.38 Å². The Balaban J connectivity index is 1.95. The van der Waals surface area contributed by atoms with E-state index in [0.717, 1.165) is 36.2 Å². The van der Waals surface area contributed by atoms with Crippen LogP contribution >= 0.6 is 0 Å². The van der Waals surface area contributed by atoms with Gasteiger partial charge in [-0.3, -0.25) is 0 Å². The van der Waals surface area contributed by atoms with Crippen LogP contribution in [0.2, 0.25) is 0 Å². The molecule has 0 spiro atoms. The Kier molecular flexibility index (Phi) is 3.09. The van der Waals surface area contributed by atoms with E-state index in [0.29, 0.717) is 12.2 Å². The van der Waals surface area contributed by atoms with Crippen LogP contribution in [0.5, 0.6) is 0 Å². The highest BCUT2D eigenvalue weighted by atomic mass is 32.2. The molecule has 1 saturated heterocycles. The van der Waals surface area contributed by atoms with E-state index in [2.05, 4.69) is 4.98 Å². The van der Waals surface area contributed by atoms with Crippen LogP contribution in [0, 0.1) is 6.92 Å². The first-order chi connectivity index (χ1) is 9.08. The lowest BCUT2D eigenvalue weighted by atomic mass is 10.1. The zero-order valence-corrected chi connectivity index (χ0v) is 11.9. The van der Waals surface area contributed by atoms with Gasteiger partial charge in [-0.15, -0.1) is 0 Å². The molecule has 19 heavy (non-hydrogen) atoms. The van der Waals surface area contributed by atoms with Crippen LogP contribution < -0.4 is 0 Å². The highest BCUT2D eigenvalue weighted by Crippen LogP contribution is 2.23. The second-order valence-electron chi connectivity index (χ2n) is 5.31. The Labute approximate surface area is 113 Å². The van der Waals surface area contributed by atoms with Gasteiger partial charge in [0.25, 0.3) is 0 Å². The third kappa shape index (κ3) is 2.27. The summed E-state index contributed by atoms with van der Waals surface area (Å²) in [5.74, 6) is 1.19. The van der Waals surface area contributed by atoms with Crippen molar-refractivity contribution in [1.29, 1.82) is 0 Å². The van der Waals surface area contributed by atoms with Crippen molar-refractivity contribution >= 4 is 15.4 Å². The third-order valence-electron chi connectivity index (χ3n) is 3.98. The second kappa shape index (κ2) is 4.63. The van der Waals surface area contributed by atoms with Gasteiger partial charge in [0, 0.05) is 12.6 Å². The summed E-state index contributed by atoms with van der Waals surface area (Å²) in [6.45, 7) is 2.04. The lowest BCUT2D eigenvalue weighted by Crippen LogP contribution is -2.30. The maximum atomic E-state index is 12.1. The van der Waals surface area contributed by atoms with Crippen molar-refractivity contribution in [3.63, 3.8) is 0 Å². The monoisotopic (exact) mass is 278 g/mol. The lowest BCUT2D eigenvalue weighted by Gasteiger charge is -2.21. The highest BCUT2D eigenvalue weighted by Gasteiger charge is 2.29. The summed E-state index contributed by atoms with van der Waals surface area (Å²) in [6, 6.07) is 4.01. The first kappa shape index (κ1) is 12.7. The zero-order valence-electron chi connectivity index (χ0n) is 11.0. The fourth-order valence-electron chi connectivity index (χ4n) is 2.82. The molecular formula is C14H18N2O2S. The smallest absolute Gasteiger partial charge is 0.153 e. The van der Waals surface area contributed by atoms with Crippen molar-refractivity contribution in [3.05, 3.63) is 35.9 Å². The Morgan fingerprint density at radius 1 is 1.42 bits per heavy atom. The molecule has 102 valence electrons. The minimum atomic E-state index is -2.93. The van der Waals surface area contributed by atoms with Gasteiger partial charge in [-0.1, -0.05) is 12.5 Å². The lowest BCUT2D eigenvalue weighted by molar-refractivity contribution is 0.534. The quantitative estimate of drug-likeness (QED) is 0.846. The molecule has 1 atom stereocenters. The maximum Gasteiger partial charge on any atom is 0.153 e. The van der Waals surface area contributed by atoms with E-state index in [9.17, 15) is 8.42 Å². The standard InChI is InChI=1S/C14H18N2O2S/c1-11-5-4-7-16-13(11)10-15-14(16)9-12-6-2-3-8-19(12,17)18/h4-5,7,10,12H,2-3,6,8-9H2,1H3. The first-order valence-corrected chi connectivity index (χ1v) is 8.42. The van der Waals surface area contributed by atoms with E-state index >= 15 is 0 Å². The number of aromatic nitrogens is 2. The van der Waals surface area contributed by atoms with Gasteiger partial charge in [0.05, 0.1) is 22.7 Å². The molecule has 0 amide bonds. The number of hydrogen-bond acceptors (Lipinski definition) is 3. The number of hydrogen-bond donors (Lipinski definition) is 0. The van der Waals surface area contributed by atoms with Crippen LogP contribution in [-0.2, 0) is 16.3 Å². The van der Waals surface area contributed by atoms with Crippen LogP contribution in [-0.4, -0.2) is 28.8 Å². The SMILES string of the molecule is Cc1cccn2c(CC3CCCCS3(=O)=O)ncc12. The van der Waals surface area contributed by atoms with Crippen molar-refractivity contribution in [2.24, 2.45) is 0 Å². The van der Waals surface area contributed by atoms with E-state index in [1.807, 2.05) is 35.9 Å². The normalized spacial score (nSPS) is 22.7. The Hall–Kier alpha value is -1.36. The van der Waals surface area contributed by atoms with Crippen molar-refractivity contribution in [2.75, 3.05) is 5.75 Å². The van der Waals surface area contributed by atoms with Gasteiger partial charge in [0.1, 0.15) is 5.82 Å². The summed E-state index contributed by atoms with van der Waals surface area (Å²) in [6.07, 6.45) is 6.90. The second-order valence-corrected chi connectivity index (χ2v) is 7.71. The van der Waals surface area contributed by atoms with Gasteiger partial charge < -0.3 is 4.40 Å². The zero-order chi connectivity index (χ0) is 13.5. The molecule has 2 aromatic rings. The molecule has 1 aliphatic rings. The molecule has 5 heteroatoms. The third-order valence-corrected chi connectivity index (χ3v) is 6.26. The maximum absolute atomic E-state index is 12.1. The van der Waals surface area contributed by atoms with Gasteiger partial charge in [-0.25, -0.2) is 13.4 Å². The van der Waals surface area contributed by atoms with Crippen molar-refractivity contribution < 1.29 is 8.42 Å². The average molecular weight is 278 g/mol. The number of nitrogens with zero attached hydrogens (tertiary/aromatic N) is 2. The molecule has 3 rings (SSSR count). The van der Waals surface area contributed by atoms with Crippen LogP contribution in [0.3, 0.4) is 0 Å². The summed E-state index contributed by atoms with van der Waals surface area (Å²) >= 11 is 0. The minimum absolute atomic E-state index is 0.257. The molecule has 0 radical (unpaired) electrons. The largest absolute Gasteiger partial charge is 0.303 e. The van der Waals surface area contributed by atoms with E-state index in [-0.39, 0.29) is 5.25 Å². The first-order valence-electron chi connectivity index (χ1n) is 6.71. The Morgan fingerprint density at radius 2 is 2.26 bits per heavy atom. The van der Waals surface area contributed by atoms with Crippen LogP contribution in [0.1, 0.15) is 30.7 Å². The fourth-order valence-corrected chi connectivity index (χ4v) is 4.69. The van der Waals surface area contributed by atoms with Crippen molar-refractivity contribution in [2.45, 2.75) is 37.9 Å². The van der Waals surface area contributed by atoms with E-state index in [1.165, 1.54) is 0 Å². The number of imidazole rings is 1. The Bertz CT molecular complexity index is 703. The number of sulfone groups is 1. The highest BCUT2D eigenvalue weighted by molar-refractivity contribution is 7.92. The van der Waals surface area contributed by atoms with Crippen molar-refractivity contribution in [3.8, 4) is 0 Å². The van der Waals surface area contributed by atoms with Gasteiger partial charge in [-0.2, -0.15) is 0 Å². The molecule has 0 saturated carbocycles. The molecular weight excluding hydrogens is 260 g/mol. The summed E-state index contributed by atoms with van der Waals surface area (Å²) < 4.78 is 26.2. The molecule has 1 aliphatic heterocycles. The number of fused-ring (bicyclic) bond motifs is 1. The van der Waals surface area contributed by atoms with Crippen LogP contribution in [0.4, 0.5) is 0 Å². The molecule has 0 N–H and O–H groups in total. The van der Waals surface area contributed by atoms with Crippen LogP contribution in [0.25, 0.3) is 5.52 Å². The predicted molar refractivity (Wildman–Crippen MR) is 75.1 cm³/mol. The van der Waals surface area contributed by atoms with Crippen LogP contribution in [0.15, 0.2) is 24.5 Å². The Morgan fingerprint density at radius 3 is 3.05 bits per heavy atom. The van der Waals surface area contributed by atoms with Gasteiger partial charge >= 0.3 is 0 Å². The number of aryl methyl sites for hydroxylation is 1.